The van der Waals surface area contributed by atoms with E-state index in [0.29, 0.717) is 23.8 Å². The second-order valence-electron chi connectivity index (χ2n) is 8.13. The van der Waals surface area contributed by atoms with Gasteiger partial charge in [0, 0.05) is 32.0 Å². The lowest BCUT2D eigenvalue weighted by atomic mass is 9.96. The second kappa shape index (κ2) is 9.62. The van der Waals surface area contributed by atoms with E-state index in [4.69, 9.17) is 9.72 Å². The van der Waals surface area contributed by atoms with Crippen LogP contribution in [0.3, 0.4) is 0 Å². The molecule has 0 bridgehead atoms. The maximum absolute atomic E-state index is 13.0. The minimum absolute atomic E-state index is 0.205. The Kier molecular flexibility index (Phi) is 6.69. The lowest BCUT2D eigenvalue weighted by Crippen LogP contribution is -2.44. The first kappa shape index (κ1) is 20.9. The predicted octanol–water partition coefficient (Wildman–Crippen LogP) is 3.56. The van der Waals surface area contributed by atoms with Gasteiger partial charge in [-0.2, -0.15) is 0 Å². The van der Waals surface area contributed by atoms with Crippen LogP contribution in [0.25, 0.3) is 0 Å². The molecule has 0 aliphatic carbocycles. The van der Waals surface area contributed by atoms with Gasteiger partial charge in [-0.3, -0.25) is 9.69 Å². The third-order valence-electron chi connectivity index (χ3n) is 6.11. The first-order valence-electron chi connectivity index (χ1n) is 10.8. The van der Waals surface area contributed by atoms with E-state index >= 15 is 0 Å². The fourth-order valence-electron chi connectivity index (χ4n) is 4.43. The number of likely N-dealkylation sites (tertiary alicyclic amines) is 1. The third-order valence-corrected chi connectivity index (χ3v) is 6.11. The number of halogens is 1. The molecule has 1 atom stereocenters. The lowest BCUT2D eigenvalue weighted by Gasteiger charge is -2.42. The zero-order valence-electron chi connectivity index (χ0n) is 17.4. The van der Waals surface area contributed by atoms with Gasteiger partial charge in [0.05, 0.1) is 17.3 Å². The highest BCUT2D eigenvalue weighted by atomic mass is 19.1. The van der Waals surface area contributed by atoms with Crippen molar-refractivity contribution in [2.45, 2.75) is 57.7 Å². The Morgan fingerprint density at radius 2 is 1.97 bits per heavy atom. The molecule has 0 radical (unpaired) electrons. The molecule has 0 spiro atoms. The third kappa shape index (κ3) is 4.84. The molecule has 7 heteroatoms. The van der Waals surface area contributed by atoms with Gasteiger partial charge in [-0.05, 0) is 56.8 Å². The molecule has 4 rings (SSSR count). The summed E-state index contributed by atoms with van der Waals surface area (Å²) in [6.45, 7) is 4.90. The molecule has 1 aromatic carbocycles. The number of benzene rings is 1. The summed E-state index contributed by atoms with van der Waals surface area (Å²) in [6.07, 6.45) is 7.18. The van der Waals surface area contributed by atoms with Crippen molar-refractivity contribution in [3.8, 4) is 0 Å². The molecular formula is C23H29FN4O2. The smallest absolute Gasteiger partial charge is 0.254 e. The van der Waals surface area contributed by atoms with Gasteiger partial charge in [-0.1, -0.05) is 18.6 Å². The van der Waals surface area contributed by atoms with Crippen LogP contribution in [0.15, 0.2) is 30.5 Å². The summed E-state index contributed by atoms with van der Waals surface area (Å²) in [5.41, 5.74) is 2.01. The predicted molar refractivity (Wildman–Crippen MR) is 111 cm³/mol. The van der Waals surface area contributed by atoms with Gasteiger partial charge in [0.15, 0.2) is 0 Å². The minimum Gasteiger partial charge on any atom is -0.381 e. The van der Waals surface area contributed by atoms with Crippen LogP contribution in [0.4, 0.5) is 4.39 Å². The van der Waals surface area contributed by atoms with Crippen molar-refractivity contribution in [2.75, 3.05) is 19.8 Å². The van der Waals surface area contributed by atoms with Gasteiger partial charge in [0.25, 0.3) is 5.91 Å². The van der Waals surface area contributed by atoms with Crippen molar-refractivity contribution in [2.24, 2.45) is 0 Å². The lowest BCUT2D eigenvalue weighted by molar-refractivity contribution is 0.00207. The van der Waals surface area contributed by atoms with Crippen LogP contribution >= 0.6 is 0 Å². The van der Waals surface area contributed by atoms with Crippen molar-refractivity contribution in [3.63, 3.8) is 0 Å². The topological polar surface area (TPSA) is 67.3 Å². The molecule has 1 amide bonds. The molecule has 1 N–H and O–H groups in total. The highest BCUT2D eigenvalue weighted by Gasteiger charge is 2.32. The Bertz CT molecular complexity index is 868. The van der Waals surface area contributed by atoms with Crippen molar-refractivity contribution >= 4 is 5.91 Å². The monoisotopic (exact) mass is 412 g/mol. The molecule has 2 saturated heterocycles. The van der Waals surface area contributed by atoms with Crippen molar-refractivity contribution < 1.29 is 13.9 Å². The number of piperidine rings is 1. The van der Waals surface area contributed by atoms with Crippen molar-refractivity contribution in [1.82, 2.24) is 20.2 Å². The SMILES string of the molecule is Cc1nc([C@H]2CCCCN2C2CCOCC2)ncc1C(=O)NCc1ccc(F)cc1. The number of rotatable bonds is 5. The molecule has 0 unspecified atom stereocenters. The number of aromatic nitrogens is 2. The zero-order chi connectivity index (χ0) is 20.9. The van der Waals surface area contributed by atoms with E-state index in [2.05, 4.69) is 15.2 Å². The number of carbonyl (C=O) groups is 1. The van der Waals surface area contributed by atoms with Crippen LogP contribution in [0.2, 0.25) is 0 Å². The molecule has 2 aliphatic rings. The average molecular weight is 413 g/mol. The molecule has 160 valence electrons. The average Bonchev–Trinajstić information content (AvgIpc) is 2.79. The van der Waals surface area contributed by atoms with E-state index in [9.17, 15) is 9.18 Å². The summed E-state index contributed by atoms with van der Waals surface area (Å²) in [4.78, 5) is 24.5. The molecule has 2 fully saturated rings. The minimum atomic E-state index is -0.289. The van der Waals surface area contributed by atoms with Gasteiger partial charge in [-0.15, -0.1) is 0 Å². The van der Waals surface area contributed by atoms with Crippen LogP contribution < -0.4 is 5.32 Å². The Hall–Kier alpha value is -2.38. The second-order valence-corrected chi connectivity index (χ2v) is 8.13. The van der Waals surface area contributed by atoms with E-state index in [1.54, 1.807) is 18.3 Å². The van der Waals surface area contributed by atoms with E-state index in [1.807, 2.05) is 6.92 Å². The summed E-state index contributed by atoms with van der Waals surface area (Å²) in [5.74, 6) is 0.310. The Balaban J connectivity index is 1.44. The van der Waals surface area contributed by atoms with E-state index in [1.165, 1.54) is 25.0 Å². The van der Waals surface area contributed by atoms with Gasteiger partial charge >= 0.3 is 0 Å². The number of nitrogens with zero attached hydrogens (tertiary/aromatic N) is 3. The summed E-state index contributed by atoms with van der Waals surface area (Å²) in [7, 11) is 0. The van der Waals surface area contributed by atoms with E-state index in [-0.39, 0.29) is 17.8 Å². The maximum Gasteiger partial charge on any atom is 0.254 e. The van der Waals surface area contributed by atoms with Crippen molar-refractivity contribution in [3.05, 3.63) is 58.9 Å². The number of hydrogen-bond donors (Lipinski definition) is 1. The van der Waals surface area contributed by atoms with Gasteiger partial charge in [0.2, 0.25) is 0 Å². The largest absolute Gasteiger partial charge is 0.381 e. The van der Waals surface area contributed by atoms with Crippen LogP contribution in [0.1, 0.15) is 65.6 Å². The first-order chi connectivity index (χ1) is 14.6. The van der Waals surface area contributed by atoms with E-state index < -0.39 is 0 Å². The van der Waals surface area contributed by atoms with Crippen LogP contribution in [-0.4, -0.2) is 46.6 Å². The highest BCUT2D eigenvalue weighted by Crippen LogP contribution is 2.33. The molecule has 6 nitrogen and oxygen atoms in total. The normalized spacial score (nSPS) is 20.8. The van der Waals surface area contributed by atoms with Gasteiger partial charge < -0.3 is 10.1 Å². The quantitative estimate of drug-likeness (QED) is 0.813. The van der Waals surface area contributed by atoms with Gasteiger partial charge in [0.1, 0.15) is 11.6 Å². The van der Waals surface area contributed by atoms with Crippen LogP contribution in [0, 0.1) is 12.7 Å². The molecule has 1 aromatic heterocycles. The summed E-state index contributed by atoms with van der Waals surface area (Å²) in [6, 6.07) is 6.83. The number of hydrogen-bond acceptors (Lipinski definition) is 5. The first-order valence-corrected chi connectivity index (χ1v) is 10.8. The summed E-state index contributed by atoms with van der Waals surface area (Å²) in [5, 5.41) is 2.87. The Morgan fingerprint density at radius 3 is 2.70 bits per heavy atom. The number of carbonyl (C=O) groups excluding carboxylic acids is 1. The fraction of sp³-hybridized carbons (Fsp3) is 0.522. The highest BCUT2D eigenvalue weighted by molar-refractivity contribution is 5.94. The number of aryl methyl sites for hydroxylation is 1. The number of ether oxygens (including phenoxy) is 1. The molecule has 3 heterocycles. The zero-order valence-corrected chi connectivity index (χ0v) is 17.4. The molecule has 0 saturated carbocycles. The summed E-state index contributed by atoms with van der Waals surface area (Å²) < 4.78 is 18.6. The summed E-state index contributed by atoms with van der Waals surface area (Å²) >= 11 is 0. The fourth-order valence-corrected chi connectivity index (χ4v) is 4.43. The molecule has 30 heavy (non-hydrogen) atoms. The standard InChI is InChI=1S/C23H29FN4O2/c1-16-20(23(29)26-14-17-5-7-18(24)8-6-17)15-25-22(27-16)21-4-2-3-11-28(21)19-9-12-30-13-10-19/h5-8,15,19,21H,2-4,9-14H2,1H3,(H,26,29)/t21-/m1/s1. The molecule has 2 aromatic rings. The Labute approximate surface area is 176 Å². The maximum atomic E-state index is 13.0. The van der Waals surface area contributed by atoms with Crippen molar-refractivity contribution in [1.29, 1.82) is 0 Å². The van der Waals surface area contributed by atoms with Crippen LogP contribution in [-0.2, 0) is 11.3 Å². The number of amides is 1. The molecule has 2 aliphatic heterocycles. The Morgan fingerprint density at radius 1 is 1.20 bits per heavy atom. The van der Waals surface area contributed by atoms with Gasteiger partial charge in [-0.25, -0.2) is 14.4 Å². The molecular weight excluding hydrogens is 383 g/mol. The van der Waals surface area contributed by atoms with E-state index in [0.717, 1.165) is 50.4 Å². The van der Waals surface area contributed by atoms with Crippen LogP contribution in [0.5, 0.6) is 0 Å². The number of nitrogens with one attached hydrogen (secondary N) is 1.